The van der Waals surface area contributed by atoms with E-state index in [2.05, 4.69) is 53.2 Å². The summed E-state index contributed by atoms with van der Waals surface area (Å²) in [4.78, 5) is 17.7. The van der Waals surface area contributed by atoms with Crippen LogP contribution in [0.4, 0.5) is 0 Å². The quantitative estimate of drug-likeness (QED) is 0.929. The van der Waals surface area contributed by atoms with E-state index in [1.54, 1.807) is 0 Å². The summed E-state index contributed by atoms with van der Waals surface area (Å²) in [6.45, 7) is 9.17. The molecule has 1 unspecified atom stereocenters. The summed E-state index contributed by atoms with van der Waals surface area (Å²) in [5.74, 6) is 0.568. The highest BCUT2D eigenvalue weighted by molar-refractivity contribution is 5.79. The molecule has 1 atom stereocenters. The Kier molecular flexibility index (Phi) is 5.34. The molecule has 0 aromatic heterocycles. The molecule has 4 heteroatoms. The largest absolute Gasteiger partial charge is 0.333 e. The zero-order chi connectivity index (χ0) is 16.2. The number of nitrogens with one attached hydrogen (secondary N) is 1. The predicted molar refractivity (Wildman–Crippen MR) is 93.2 cm³/mol. The van der Waals surface area contributed by atoms with Crippen molar-refractivity contribution in [3.05, 3.63) is 35.9 Å². The van der Waals surface area contributed by atoms with Gasteiger partial charge in [-0.1, -0.05) is 30.3 Å². The third-order valence-corrected chi connectivity index (χ3v) is 5.32. The molecule has 3 rings (SSSR count). The van der Waals surface area contributed by atoms with Gasteiger partial charge in [-0.3, -0.25) is 4.79 Å². The van der Waals surface area contributed by atoms with Crippen LogP contribution in [0.25, 0.3) is 0 Å². The fraction of sp³-hybridized carbons (Fsp3) is 0.632. The summed E-state index contributed by atoms with van der Waals surface area (Å²) in [6, 6.07) is 11.2. The number of benzene rings is 1. The number of nitrogens with zero attached hydrogens (tertiary/aromatic N) is 2. The Labute approximate surface area is 139 Å². The first-order chi connectivity index (χ1) is 11.2. The van der Waals surface area contributed by atoms with Gasteiger partial charge in [0.15, 0.2) is 0 Å². The monoisotopic (exact) mass is 315 g/mol. The van der Waals surface area contributed by atoms with Gasteiger partial charge in [-0.15, -0.1) is 0 Å². The molecule has 0 aliphatic carbocycles. The highest BCUT2D eigenvalue weighted by Gasteiger charge is 2.34. The molecular formula is C19H29N3O. The summed E-state index contributed by atoms with van der Waals surface area (Å²) in [5, 5.41) is 3.44. The number of hydrogen-bond donors (Lipinski definition) is 1. The van der Waals surface area contributed by atoms with Crippen molar-refractivity contribution >= 4 is 5.91 Å². The van der Waals surface area contributed by atoms with Gasteiger partial charge in [0.25, 0.3) is 0 Å². The normalized spacial score (nSPS) is 24.1. The maximum Gasteiger partial charge on any atom is 0.226 e. The predicted octanol–water partition coefficient (Wildman–Crippen LogP) is 2.28. The summed E-state index contributed by atoms with van der Waals surface area (Å²) >= 11 is 0. The van der Waals surface area contributed by atoms with E-state index in [-0.39, 0.29) is 12.0 Å². The molecule has 1 amide bonds. The first-order valence-corrected chi connectivity index (χ1v) is 8.97. The molecule has 2 aliphatic heterocycles. The van der Waals surface area contributed by atoms with Crippen LogP contribution in [0.1, 0.15) is 38.3 Å². The third kappa shape index (κ3) is 3.75. The summed E-state index contributed by atoms with van der Waals surface area (Å²) in [5.41, 5.74) is 1.24. The van der Waals surface area contributed by atoms with Gasteiger partial charge in [0.05, 0.1) is 6.04 Å². The van der Waals surface area contributed by atoms with Crippen LogP contribution in [0.5, 0.6) is 0 Å². The van der Waals surface area contributed by atoms with Gasteiger partial charge in [-0.05, 0) is 45.3 Å². The molecule has 0 bridgehead atoms. The Bertz CT molecular complexity index is 509. The maximum atomic E-state index is 13.1. The van der Waals surface area contributed by atoms with E-state index in [0.717, 1.165) is 45.6 Å². The lowest BCUT2D eigenvalue weighted by Gasteiger charge is -2.41. The molecule has 126 valence electrons. The number of piperazine rings is 1. The molecule has 23 heavy (non-hydrogen) atoms. The standard InChI is InChI=1S/C19H29N3O/c1-15(2)21-11-8-17(9-12-21)19(23)22-13-10-20-14-18(22)16-6-4-3-5-7-16/h3-7,15,17-18,20H,8-14H2,1-2H3. The molecular weight excluding hydrogens is 286 g/mol. The Balaban J connectivity index is 1.68. The zero-order valence-electron chi connectivity index (χ0n) is 14.4. The van der Waals surface area contributed by atoms with E-state index >= 15 is 0 Å². The first kappa shape index (κ1) is 16.5. The number of carbonyl (C=O) groups is 1. The van der Waals surface area contributed by atoms with Gasteiger partial charge in [0.2, 0.25) is 5.91 Å². The maximum absolute atomic E-state index is 13.1. The van der Waals surface area contributed by atoms with Gasteiger partial charge >= 0.3 is 0 Å². The average Bonchev–Trinajstić information content (AvgIpc) is 2.62. The summed E-state index contributed by atoms with van der Waals surface area (Å²) in [6.07, 6.45) is 2.00. The van der Waals surface area contributed by atoms with E-state index in [1.165, 1.54) is 5.56 Å². The Hall–Kier alpha value is -1.39. The van der Waals surface area contributed by atoms with Crippen LogP contribution in [-0.2, 0) is 4.79 Å². The molecule has 0 saturated carbocycles. The van der Waals surface area contributed by atoms with Crippen molar-refractivity contribution in [2.75, 3.05) is 32.7 Å². The topological polar surface area (TPSA) is 35.6 Å². The number of hydrogen-bond acceptors (Lipinski definition) is 3. The molecule has 1 aromatic rings. The zero-order valence-corrected chi connectivity index (χ0v) is 14.4. The number of piperidine rings is 1. The number of amides is 1. The van der Waals surface area contributed by atoms with Crippen molar-refractivity contribution in [2.24, 2.45) is 5.92 Å². The smallest absolute Gasteiger partial charge is 0.226 e. The number of carbonyl (C=O) groups excluding carboxylic acids is 1. The van der Waals surface area contributed by atoms with Crippen LogP contribution >= 0.6 is 0 Å². The van der Waals surface area contributed by atoms with Crippen LogP contribution < -0.4 is 5.32 Å². The Morgan fingerprint density at radius 2 is 1.83 bits per heavy atom. The van der Waals surface area contributed by atoms with Gasteiger partial charge in [-0.2, -0.15) is 0 Å². The van der Waals surface area contributed by atoms with E-state index < -0.39 is 0 Å². The fourth-order valence-corrected chi connectivity index (χ4v) is 3.84. The van der Waals surface area contributed by atoms with Crippen LogP contribution in [-0.4, -0.2) is 54.5 Å². The summed E-state index contributed by atoms with van der Waals surface area (Å²) < 4.78 is 0. The lowest BCUT2D eigenvalue weighted by molar-refractivity contribution is -0.140. The van der Waals surface area contributed by atoms with Crippen LogP contribution in [0.3, 0.4) is 0 Å². The van der Waals surface area contributed by atoms with Crippen molar-refractivity contribution in [1.29, 1.82) is 0 Å². The molecule has 2 heterocycles. The first-order valence-electron chi connectivity index (χ1n) is 8.97. The second-order valence-electron chi connectivity index (χ2n) is 7.07. The van der Waals surface area contributed by atoms with Gasteiger partial charge in [0, 0.05) is 31.6 Å². The molecule has 4 nitrogen and oxygen atoms in total. The molecule has 2 saturated heterocycles. The number of likely N-dealkylation sites (tertiary alicyclic amines) is 1. The second kappa shape index (κ2) is 7.45. The van der Waals surface area contributed by atoms with Crippen LogP contribution in [0, 0.1) is 5.92 Å². The second-order valence-corrected chi connectivity index (χ2v) is 7.07. The van der Waals surface area contributed by atoms with E-state index in [1.807, 2.05) is 6.07 Å². The van der Waals surface area contributed by atoms with Crippen molar-refractivity contribution in [1.82, 2.24) is 15.1 Å². The molecule has 0 spiro atoms. The van der Waals surface area contributed by atoms with E-state index in [4.69, 9.17) is 0 Å². The van der Waals surface area contributed by atoms with Crippen LogP contribution in [0.2, 0.25) is 0 Å². The van der Waals surface area contributed by atoms with Gasteiger partial charge in [0.1, 0.15) is 0 Å². The molecule has 2 fully saturated rings. The molecule has 1 aromatic carbocycles. The van der Waals surface area contributed by atoms with Crippen molar-refractivity contribution in [3.63, 3.8) is 0 Å². The van der Waals surface area contributed by atoms with Crippen molar-refractivity contribution < 1.29 is 4.79 Å². The van der Waals surface area contributed by atoms with E-state index in [9.17, 15) is 4.79 Å². The SMILES string of the molecule is CC(C)N1CCC(C(=O)N2CCNCC2c2ccccc2)CC1. The highest BCUT2D eigenvalue weighted by Crippen LogP contribution is 2.27. The lowest BCUT2D eigenvalue weighted by Crippen LogP contribution is -2.52. The van der Waals surface area contributed by atoms with Crippen molar-refractivity contribution in [2.45, 2.75) is 38.8 Å². The Morgan fingerprint density at radius 3 is 2.48 bits per heavy atom. The summed E-state index contributed by atoms with van der Waals surface area (Å²) in [7, 11) is 0. The Morgan fingerprint density at radius 1 is 1.13 bits per heavy atom. The molecule has 1 N–H and O–H groups in total. The third-order valence-electron chi connectivity index (χ3n) is 5.32. The minimum atomic E-state index is 0.181. The fourth-order valence-electron chi connectivity index (χ4n) is 3.84. The minimum absolute atomic E-state index is 0.181. The number of rotatable bonds is 3. The van der Waals surface area contributed by atoms with Crippen LogP contribution in [0.15, 0.2) is 30.3 Å². The van der Waals surface area contributed by atoms with Gasteiger partial charge in [-0.25, -0.2) is 0 Å². The highest BCUT2D eigenvalue weighted by atomic mass is 16.2. The lowest BCUT2D eigenvalue weighted by atomic mass is 9.92. The van der Waals surface area contributed by atoms with E-state index in [0.29, 0.717) is 11.9 Å². The molecule has 2 aliphatic rings. The molecule has 0 radical (unpaired) electrons. The minimum Gasteiger partial charge on any atom is -0.333 e. The van der Waals surface area contributed by atoms with Gasteiger partial charge < -0.3 is 15.1 Å². The van der Waals surface area contributed by atoms with Crippen molar-refractivity contribution in [3.8, 4) is 0 Å². The average molecular weight is 315 g/mol.